The van der Waals surface area contributed by atoms with E-state index in [2.05, 4.69) is 4.18 Å². The number of hydrogen-bond acceptors (Lipinski definition) is 3. The van der Waals surface area contributed by atoms with Crippen molar-refractivity contribution >= 4 is 10.1 Å². The van der Waals surface area contributed by atoms with E-state index in [0.717, 1.165) is 7.11 Å². The van der Waals surface area contributed by atoms with Crippen molar-refractivity contribution in [3.05, 3.63) is 24.4 Å². The van der Waals surface area contributed by atoms with Crippen LogP contribution in [0.2, 0.25) is 0 Å². The number of pyridine rings is 1. The average molecular weight is 202 g/mol. The smallest absolute Gasteiger partial charge is 0.265 e. The minimum absolute atomic E-state index is 0.181. The zero-order valence-electron chi connectivity index (χ0n) is 7.60. The van der Waals surface area contributed by atoms with Crippen LogP contribution in [0.3, 0.4) is 0 Å². The van der Waals surface area contributed by atoms with Gasteiger partial charge in [0, 0.05) is 12.1 Å². The third-order valence-electron chi connectivity index (χ3n) is 1.72. The molecule has 0 N–H and O–H groups in total. The van der Waals surface area contributed by atoms with Gasteiger partial charge in [0.1, 0.15) is 6.54 Å². The summed E-state index contributed by atoms with van der Waals surface area (Å²) in [5, 5.41) is 0.181. The molecule has 0 spiro atoms. The fourth-order valence-electron chi connectivity index (χ4n) is 1.03. The molecule has 0 aliphatic carbocycles. The molecular formula is C8H12NO3S+. The molecule has 0 unspecified atom stereocenters. The third kappa shape index (κ3) is 2.05. The Morgan fingerprint density at radius 2 is 2.15 bits per heavy atom. The van der Waals surface area contributed by atoms with Crippen LogP contribution >= 0.6 is 0 Å². The molecular weight excluding hydrogens is 190 g/mol. The van der Waals surface area contributed by atoms with Gasteiger partial charge in [-0.2, -0.15) is 13.0 Å². The maximum absolute atomic E-state index is 11.3. The first-order valence-electron chi connectivity index (χ1n) is 3.91. The Balaban J connectivity index is 3.29. The second kappa shape index (κ2) is 3.85. The molecule has 1 heterocycles. The van der Waals surface area contributed by atoms with Crippen LogP contribution < -0.4 is 4.57 Å². The zero-order chi connectivity index (χ0) is 9.90. The first-order chi connectivity index (χ1) is 6.11. The standard InChI is InChI=1S/C8H12NO3S/c1-3-9-7-5-4-6-8(9)13(10,11)12-2/h4-7H,3H2,1-2H3/q+1. The Morgan fingerprint density at radius 3 is 2.69 bits per heavy atom. The number of nitrogens with zero attached hydrogens (tertiary/aromatic N) is 1. The molecule has 0 atom stereocenters. The van der Waals surface area contributed by atoms with Crippen LogP contribution in [0, 0.1) is 0 Å². The van der Waals surface area contributed by atoms with E-state index in [1.807, 2.05) is 6.92 Å². The molecule has 4 nitrogen and oxygen atoms in total. The molecule has 0 bridgehead atoms. The Labute approximate surface area is 77.9 Å². The maximum Gasteiger partial charge on any atom is 0.357 e. The highest BCUT2D eigenvalue weighted by Gasteiger charge is 2.23. The van der Waals surface area contributed by atoms with Gasteiger partial charge in [-0.05, 0) is 13.0 Å². The lowest BCUT2D eigenvalue weighted by molar-refractivity contribution is -0.730. The molecule has 0 radical (unpaired) electrons. The van der Waals surface area contributed by atoms with E-state index in [1.54, 1.807) is 22.9 Å². The number of hydrogen-bond donors (Lipinski definition) is 0. The van der Waals surface area contributed by atoms with E-state index in [1.165, 1.54) is 6.07 Å². The second-order valence-corrected chi connectivity index (χ2v) is 4.11. The van der Waals surface area contributed by atoms with Crippen molar-refractivity contribution < 1.29 is 17.2 Å². The van der Waals surface area contributed by atoms with Crippen LogP contribution in [0.15, 0.2) is 29.4 Å². The van der Waals surface area contributed by atoms with Crippen LogP contribution in [0.1, 0.15) is 6.92 Å². The third-order valence-corrected chi connectivity index (χ3v) is 3.04. The molecule has 1 aromatic heterocycles. The van der Waals surface area contributed by atoms with Gasteiger partial charge >= 0.3 is 15.1 Å². The molecule has 72 valence electrons. The highest BCUT2D eigenvalue weighted by molar-refractivity contribution is 7.86. The lowest BCUT2D eigenvalue weighted by atomic mass is 10.5. The SMILES string of the molecule is CC[n+]1ccccc1S(=O)(=O)OC. The fraction of sp³-hybridized carbons (Fsp3) is 0.375. The minimum Gasteiger partial charge on any atom is -0.265 e. The number of rotatable bonds is 3. The largest absolute Gasteiger partial charge is 0.357 e. The van der Waals surface area contributed by atoms with E-state index in [0.29, 0.717) is 6.54 Å². The summed E-state index contributed by atoms with van der Waals surface area (Å²) in [4.78, 5) is 0. The van der Waals surface area contributed by atoms with Crippen LogP contribution in [-0.2, 0) is 20.8 Å². The van der Waals surface area contributed by atoms with Crippen molar-refractivity contribution in [2.45, 2.75) is 18.5 Å². The molecule has 0 aromatic carbocycles. The van der Waals surface area contributed by atoms with Crippen LogP contribution in [-0.4, -0.2) is 15.5 Å². The van der Waals surface area contributed by atoms with Crippen molar-refractivity contribution in [3.8, 4) is 0 Å². The summed E-state index contributed by atoms with van der Waals surface area (Å²) < 4.78 is 28.7. The van der Waals surface area contributed by atoms with Crippen molar-refractivity contribution in [1.29, 1.82) is 0 Å². The predicted octanol–water partition coefficient (Wildman–Crippen LogP) is 0.329. The lowest BCUT2D eigenvalue weighted by Crippen LogP contribution is -2.38. The summed E-state index contributed by atoms with van der Waals surface area (Å²) in [6.07, 6.45) is 1.70. The van der Waals surface area contributed by atoms with Gasteiger partial charge in [-0.25, -0.2) is 0 Å². The van der Waals surface area contributed by atoms with Gasteiger partial charge in [0.25, 0.3) is 0 Å². The summed E-state index contributed by atoms with van der Waals surface area (Å²) in [6.45, 7) is 2.47. The van der Waals surface area contributed by atoms with Crippen LogP contribution in [0.25, 0.3) is 0 Å². The minimum atomic E-state index is -3.58. The van der Waals surface area contributed by atoms with E-state index in [4.69, 9.17) is 0 Å². The molecule has 13 heavy (non-hydrogen) atoms. The molecule has 0 fully saturated rings. The summed E-state index contributed by atoms with van der Waals surface area (Å²) in [7, 11) is -2.42. The first kappa shape index (κ1) is 10.1. The molecule has 0 saturated carbocycles. The van der Waals surface area contributed by atoms with E-state index >= 15 is 0 Å². The quantitative estimate of drug-likeness (QED) is 0.524. The van der Waals surface area contributed by atoms with Gasteiger partial charge < -0.3 is 0 Å². The lowest BCUT2D eigenvalue weighted by Gasteiger charge is -1.99. The molecule has 1 rings (SSSR count). The van der Waals surface area contributed by atoms with Gasteiger partial charge in [-0.15, -0.1) is 0 Å². The normalized spacial score (nSPS) is 11.5. The molecule has 0 aliphatic rings. The Morgan fingerprint density at radius 1 is 1.46 bits per heavy atom. The van der Waals surface area contributed by atoms with Gasteiger partial charge in [0.2, 0.25) is 0 Å². The summed E-state index contributed by atoms with van der Waals surface area (Å²) in [6, 6.07) is 4.96. The van der Waals surface area contributed by atoms with Gasteiger partial charge in [-0.3, -0.25) is 4.18 Å². The molecule has 0 aliphatic heterocycles. The van der Waals surface area contributed by atoms with Crippen molar-refractivity contribution in [2.75, 3.05) is 7.11 Å². The molecule has 0 saturated heterocycles. The number of aryl methyl sites for hydroxylation is 1. The molecule has 5 heteroatoms. The fourth-order valence-corrected chi connectivity index (χ4v) is 1.93. The zero-order valence-corrected chi connectivity index (χ0v) is 8.41. The highest BCUT2D eigenvalue weighted by atomic mass is 32.2. The van der Waals surface area contributed by atoms with Crippen molar-refractivity contribution in [2.24, 2.45) is 0 Å². The van der Waals surface area contributed by atoms with Crippen LogP contribution in [0.4, 0.5) is 0 Å². The maximum atomic E-state index is 11.3. The highest BCUT2D eigenvalue weighted by Crippen LogP contribution is 2.04. The Kier molecular flexibility index (Phi) is 3.00. The monoisotopic (exact) mass is 202 g/mol. The number of aromatic nitrogens is 1. The molecule has 0 amide bonds. The van der Waals surface area contributed by atoms with Gasteiger partial charge in [0.15, 0.2) is 6.20 Å². The van der Waals surface area contributed by atoms with Crippen molar-refractivity contribution in [3.63, 3.8) is 0 Å². The van der Waals surface area contributed by atoms with E-state index < -0.39 is 10.1 Å². The summed E-state index contributed by atoms with van der Waals surface area (Å²) in [5.41, 5.74) is 0. The predicted molar refractivity (Wildman–Crippen MR) is 46.5 cm³/mol. The van der Waals surface area contributed by atoms with Crippen molar-refractivity contribution in [1.82, 2.24) is 0 Å². The van der Waals surface area contributed by atoms with E-state index in [-0.39, 0.29) is 5.03 Å². The Hall–Kier alpha value is -0.940. The average Bonchev–Trinajstić information content (AvgIpc) is 2.18. The van der Waals surface area contributed by atoms with Gasteiger partial charge in [-0.1, -0.05) is 0 Å². The van der Waals surface area contributed by atoms with Gasteiger partial charge in [0.05, 0.1) is 7.11 Å². The Bertz CT molecular complexity index is 386. The van der Waals surface area contributed by atoms with E-state index in [9.17, 15) is 8.42 Å². The summed E-state index contributed by atoms with van der Waals surface area (Å²) in [5.74, 6) is 0. The summed E-state index contributed by atoms with van der Waals surface area (Å²) >= 11 is 0. The first-order valence-corrected chi connectivity index (χ1v) is 5.31. The topological polar surface area (TPSA) is 47.2 Å². The molecule has 1 aromatic rings. The van der Waals surface area contributed by atoms with Crippen LogP contribution in [0.5, 0.6) is 0 Å². The second-order valence-electron chi connectivity index (χ2n) is 2.45.